The van der Waals surface area contributed by atoms with Crippen LogP contribution in [0, 0.1) is 6.92 Å². The third kappa shape index (κ3) is 3.34. The van der Waals surface area contributed by atoms with Gasteiger partial charge < -0.3 is 15.2 Å². The number of nitrogens with one attached hydrogen (secondary N) is 2. The van der Waals surface area contributed by atoms with Crippen LogP contribution in [0.25, 0.3) is 0 Å². The van der Waals surface area contributed by atoms with E-state index < -0.39 is 0 Å². The lowest BCUT2D eigenvalue weighted by molar-refractivity contribution is 0.0947. The van der Waals surface area contributed by atoms with Crippen LogP contribution in [0.1, 0.15) is 28.6 Å². The van der Waals surface area contributed by atoms with Gasteiger partial charge >= 0.3 is 0 Å². The summed E-state index contributed by atoms with van der Waals surface area (Å²) < 4.78 is 4.92. The molecule has 1 amide bonds. The number of benzene rings is 1. The quantitative estimate of drug-likeness (QED) is 0.865. The fourth-order valence-electron chi connectivity index (χ4n) is 1.80. The fraction of sp³-hybridized carbons (Fsp3) is 0.286. The molecule has 0 fully saturated rings. The van der Waals surface area contributed by atoms with E-state index >= 15 is 0 Å². The van der Waals surface area contributed by atoms with Crippen molar-refractivity contribution in [3.63, 3.8) is 0 Å². The van der Waals surface area contributed by atoms with E-state index in [1.807, 2.05) is 26.0 Å². The average Bonchev–Trinajstić information content (AvgIpc) is 2.91. The van der Waals surface area contributed by atoms with E-state index in [9.17, 15) is 4.79 Å². The highest BCUT2D eigenvalue weighted by atomic mass is 16.5. The molecule has 100 valence electrons. The lowest BCUT2D eigenvalue weighted by Gasteiger charge is -2.09. The minimum Gasteiger partial charge on any atom is -0.385 e. The van der Waals surface area contributed by atoms with Gasteiger partial charge in [-0.25, -0.2) is 0 Å². The van der Waals surface area contributed by atoms with Gasteiger partial charge in [0.15, 0.2) is 5.76 Å². The molecule has 2 aromatic rings. The maximum absolute atomic E-state index is 12.0. The molecule has 1 aromatic carbocycles. The Balaban J connectivity index is 2.01. The molecule has 0 aliphatic rings. The molecule has 0 atom stereocenters. The van der Waals surface area contributed by atoms with Crippen LogP contribution in [0.2, 0.25) is 0 Å². The van der Waals surface area contributed by atoms with E-state index in [0.717, 1.165) is 17.8 Å². The molecule has 19 heavy (non-hydrogen) atoms. The van der Waals surface area contributed by atoms with Crippen LogP contribution in [0.15, 0.2) is 35.0 Å². The second kappa shape index (κ2) is 6.04. The van der Waals surface area contributed by atoms with E-state index in [4.69, 9.17) is 4.52 Å². The van der Waals surface area contributed by atoms with Crippen LogP contribution in [0.5, 0.6) is 0 Å². The van der Waals surface area contributed by atoms with Crippen LogP contribution in [0.3, 0.4) is 0 Å². The Bertz CT molecular complexity index is 550. The van der Waals surface area contributed by atoms with Crippen molar-refractivity contribution in [2.75, 3.05) is 11.9 Å². The number of aromatic nitrogens is 1. The van der Waals surface area contributed by atoms with Gasteiger partial charge in [-0.15, -0.1) is 0 Å². The van der Waals surface area contributed by atoms with Gasteiger partial charge in [0, 0.05) is 23.9 Å². The van der Waals surface area contributed by atoms with Crippen LogP contribution in [-0.4, -0.2) is 17.6 Å². The Morgan fingerprint density at radius 3 is 2.84 bits per heavy atom. The molecule has 0 saturated heterocycles. The summed E-state index contributed by atoms with van der Waals surface area (Å²) in [4.78, 5) is 12.0. The molecule has 5 heteroatoms. The topological polar surface area (TPSA) is 67.2 Å². The lowest BCUT2D eigenvalue weighted by atomic mass is 10.1. The van der Waals surface area contributed by atoms with Gasteiger partial charge in [0.2, 0.25) is 0 Å². The molecular formula is C14H17N3O2. The number of hydrogen-bond donors (Lipinski definition) is 2. The number of carbonyl (C=O) groups excluding carboxylic acids is 1. The highest BCUT2D eigenvalue weighted by Gasteiger charge is 2.08. The van der Waals surface area contributed by atoms with E-state index in [-0.39, 0.29) is 5.91 Å². The van der Waals surface area contributed by atoms with Crippen LogP contribution < -0.4 is 10.6 Å². The molecule has 2 rings (SSSR count). The van der Waals surface area contributed by atoms with Gasteiger partial charge in [0.1, 0.15) is 0 Å². The van der Waals surface area contributed by atoms with Crippen molar-refractivity contribution >= 4 is 11.6 Å². The van der Waals surface area contributed by atoms with Crippen molar-refractivity contribution in [2.45, 2.75) is 20.4 Å². The summed E-state index contributed by atoms with van der Waals surface area (Å²) in [6, 6.07) is 7.32. The van der Waals surface area contributed by atoms with Gasteiger partial charge in [-0.05, 0) is 37.6 Å². The Hall–Kier alpha value is -2.30. The first-order valence-electron chi connectivity index (χ1n) is 6.23. The summed E-state index contributed by atoms with van der Waals surface area (Å²) in [6.45, 7) is 5.22. The van der Waals surface area contributed by atoms with Crippen molar-refractivity contribution in [2.24, 2.45) is 0 Å². The van der Waals surface area contributed by atoms with Crippen molar-refractivity contribution in [3.05, 3.63) is 47.3 Å². The first-order valence-corrected chi connectivity index (χ1v) is 6.23. The molecule has 1 aromatic heterocycles. The van der Waals surface area contributed by atoms with Gasteiger partial charge in [0.25, 0.3) is 5.91 Å². The zero-order valence-electron chi connectivity index (χ0n) is 11.1. The zero-order chi connectivity index (χ0) is 13.7. The molecule has 0 aliphatic heterocycles. The van der Waals surface area contributed by atoms with Crippen molar-refractivity contribution in [1.29, 1.82) is 0 Å². The van der Waals surface area contributed by atoms with Crippen LogP contribution in [0.4, 0.5) is 5.69 Å². The fourth-order valence-corrected chi connectivity index (χ4v) is 1.80. The lowest BCUT2D eigenvalue weighted by Crippen LogP contribution is -2.22. The summed E-state index contributed by atoms with van der Waals surface area (Å²) in [5.74, 6) is 0.511. The molecule has 0 saturated carbocycles. The van der Waals surface area contributed by atoms with E-state index in [1.54, 1.807) is 18.3 Å². The zero-order valence-corrected chi connectivity index (χ0v) is 11.1. The Kier molecular flexibility index (Phi) is 4.18. The molecule has 0 bridgehead atoms. The van der Waals surface area contributed by atoms with Gasteiger partial charge in [-0.1, -0.05) is 5.16 Å². The highest BCUT2D eigenvalue weighted by molar-refractivity contribution is 5.94. The van der Waals surface area contributed by atoms with Gasteiger partial charge in [-0.2, -0.15) is 0 Å². The third-order valence-electron chi connectivity index (χ3n) is 2.77. The first-order chi connectivity index (χ1) is 9.20. The number of anilines is 1. The SMILES string of the molecule is CCNc1ccc(C(=O)NCc2ccno2)cc1C. The number of hydrogen-bond acceptors (Lipinski definition) is 4. The molecule has 5 nitrogen and oxygen atoms in total. The second-order valence-corrected chi connectivity index (χ2v) is 4.22. The summed E-state index contributed by atoms with van der Waals surface area (Å²) in [5, 5.41) is 9.61. The Labute approximate surface area is 112 Å². The predicted molar refractivity (Wildman–Crippen MR) is 73.0 cm³/mol. The standard InChI is InChI=1S/C14H17N3O2/c1-3-15-13-5-4-11(8-10(13)2)14(18)16-9-12-6-7-17-19-12/h4-8,15H,3,9H2,1-2H3,(H,16,18). The molecular weight excluding hydrogens is 242 g/mol. The minimum atomic E-state index is -0.123. The molecule has 0 unspecified atom stereocenters. The number of aryl methyl sites for hydroxylation is 1. The van der Waals surface area contributed by atoms with Crippen LogP contribution in [-0.2, 0) is 6.54 Å². The van der Waals surface area contributed by atoms with E-state index in [2.05, 4.69) is 15.8 Å². The molecule has 2 N–H and O–H groups in total. The minimum absolute atomic E-state index is 0.123. The summed E-state index contributed by atoms with van der Waals surface area (Å²) in [7, 11) is 0. The number of nitrogens with zero attached hydrogens (tertiary/aromatic N) is 1. The van der Waals surface area contributed by atoms with Crippen molar-refractivity contribution < 1.29 is 9.32 Å². The molecule has 0 radical (unpaired) electrons. The number of amides is 1. The van der Waals surface area contributed by atoms with Crippen LogP contribution >= 0.6 is 0 Å². The number of carbonyl (C=O) groups is 1. The van der Waals surface area contributed by atoms with Gasteiger partial charge in [0.05, 0.1) is 12.7 Å². The summed E-state index contributed by atoms with van der Waals surface area (Å²) in [6.07, 6.45) is 1.55. The second-order valence-electron chi connectivity index (χ2n) is 4.22. The molecule has 0 spiro atoms. The monoisotopic (exact) mass is 259 g/mol. The largest absolute Gasteiger partial charge is 0.385 e. The van der Waals surface area contributed by atoms with E-state index in [1.165, 1.54) is 0 Å². The predicted octanol–water partition coefficient (Wildman–Crippen LogP) is 2.34. The Morgan fingerprint density at radius 1 is 1.37 bits per heavy atom. The summed E-state index contributed by atoms with van der Waals surface area (Å²) in [5.41, 5.74) is 2.74. The Morgan fingerprint density at radius 2 is 2.21 bits per heavy atom. The number of rotatable bonds is 5. The van der Waals surface area contributed by atoms with Gasteiger partial charge in [-0.3, -0.25) is 4.79 Å². The molecule has 1 heterocycles. The third-order valence-corrected chi connectivity index (χ3v) is 2.77. The normalized spacial score (nSPS) is 10.2. The average molecular weight is 259 g/mol. The smallest absolute Gasteiger partial charge is 0.251 e. The first kappa shape index (κ1) is 13.1. The van der Waals surface area contributed by atoms with E-state index in [0.29, 0.717) is 17.9 Å². The molecule has 0 aliphatic carbocycles. The maximum Gasteiger partial charge on any atom is 0.251 e. The van der Waals surface area contributed by atoms with Crippen molar-refractivity contribution in [1.82, 2.24) is 10.5 Å². The highest BCUT2D eigenvalue weighted by Crippen LogP contribution is 2.16. The van der Waals surface area contributed by atoms with Crippen molar-refractivity contribution in [3.8, 4) is 0 Å². The summed E-state index contributed by atoms with van der Waals surface area (Å²) >= 11 is 0. The maximum atomic E-state index is 12.0.